The summed E-state index contributed by atoms with van der Waals surface area (Å²) in [7, 11) is -2.91. The molecule has 0 bridgehead atoms. The molecule has 0 aliphatic heterocycles. The van der Waals surface area contributed by atoms with E-state index >= 15 is 0 Å². The van der Waals surface area contributed by atoms with E-state index in [2.05, 4.69) is 5.32 Å². The van der Waals surface area contributed by atoms with Crippen LogP contribution >= 0.6 is 11.6 Å². The number of nitrogens with one attached hydrogen (secondary N) is 1. The molecule has 41 heavy (non-hydrogen) atoms. The van der Waals surface area contributed by atoms with E-state index < -0.39 is 34.3 Å². The zero-order chi connectivity index (χ0) is 30.2. The van der Waals surface area contributed by atoms with E-state index in [0.29, 0.717) is 18.5 Å². The van der Waals surface area contributed by atoms with Gasteiger partial charge in [0.25, 0.3) is 10.0 Å². The van der Waals surface area contributed by atoms with Crippen molar-refractivity contribution in [2.24, 2.45) is 0 Å². The number of anilines is 1. The molecular weight excluding hydrogens is 569 g/mol. The normalized spacial score (nSPS) is 12.0. The van der Waals surface area contributed by atoms with Gasteiger partial charge in [0.15, 0.2) is 0 Å². The summed E-state index contributed by atoms with van der Waals surface area (Å²) >= 11 is 6.26. The van der Waals surface area contributed by atoms with Crippen molar-refractivity contribution in [1.29, 1.82) is 0 Å². The second-order valence-corrected chi connectivity index (χ2v) is 11.8. The molecule has 3 rings (SSSR count). The van der Waals surface area contributed by atoms with Crippen LogP contribution in [0, 0.1) is 12.7 Å². The molecule has 0 saturated carbocycles. The van der Waals surface area contributed by atoms with Gasteiger partial charge >= 0.3 is 0 Å². The minimum atomic E-state index is -4.30. The molecule has 11 heteroatoms. The predicted molar refractivity (Wildman–Crippen MR) is 158 cm³/mol. The summed E-state index contributed by atoms with van der Waals surface area (Å²) in [6.45, 7) is 5.24. The average Bonchev–Trinajstić information content (AvgIpc) is 2.95. The van der Waals surface area contributed by atoms with Crippen molar-refractivity contribution in [1.82, 2.24) is 10.2 Å². The molecule has 3 aromatic rings. The van der Waals surface area contributed by atoms with Gasteiger partial charge in [0.05, 0.1) is 17.7 Å². The van der Waals surface area contributed by atoms with Crippen LogP contribution in [0.5, 0.6) is 5.75 Å². The van der Waals surface area contributed by atoms with Crippen molar-refractivity contribution in [3.63, 3.8) is 0 Å². The Balaban J connectivity index is 2.11. The van der Waals surface area contributed by atoms with Gasteiger partial charge in [-0.2, -0.15) is 0 Å². The summed E-state index contributed by atoms with van der Waals surface area (Å²) in [5, 5.41) is 3.07. The molecule has 0 heterocycles. The molecule has 0 saturated heterocycles. The van der Waals surface area contributed by atoms with Crippen molar-refractivity contribution < 1.29 is 27.1 Å². The Bertz CT molecular complexity index is 1450. The Morgan fingerprint density at radius 3 is 2.27 bits per heavy atom. The second kappa shape index (κ2) is 14.3. The van der Waals surface area contributed by atoms with Crippen LogP contribution in [0.4, 0.5) is 10.1 Å². The first kappa shape index (κ1) is 31.9. The summed E-state index contributed by atoms with van der Waals surface area (Å²) in [5.41, 5.74) is 1.51. The van der Waals surface area contributed by atoms with Crippen molar-refractivity contribution in [3.8, 4) is 5.75 Å². The van der Waals surface area contributed by atoms with Gasteiger partial charge in [-0.25, -0.2) is 12.8 Å². The third kappa shape index (κ3) is 7.98. The highest BCUT2D eigenvalue weighted by atomic mass is 35.5. The van der Waals surface area contributed by atoms with Gasteiger partial charge in [-0.15, -0.1) is 0 Å². The molecule has 8 nitrogen and oxygen atoms in total. The smallest absolute Gasteiger partial charge is 0.264 e. The van der Waals surface area contributed by atoms with E-state index in [-0.39, 0.29) is 40.2 Å². The molecule has 0 aliphatic carbocycles. The van der Waals surface area contributed by atoms with E-state index in [1.54, 1.807) is 25.1 Å². The number of hydrogen-bond acceptors (Lipinski definition) is 5. The van der Waals surface area contributed by atoms with Crippen LogP contribution in [0.2, 0.25) is 5.02 Å². The monoisotopic (exact) mass is 603 g/mol. The number of nitrogens with zero attached hydrogens (tertiary/aromatic N) is 2. The highest BCUT2D eigenvalue weighted by molar-refractivity contribution is 7.92. The highest BCUT2D eigenvalue weighted by Crippen LogP contribution is 2.35. The van der Waals surface area contributed by atoms with E-state index in [1.807, 2.05) is 13.8 Å². The number of rotatable bonds is 13. The lowest BCUT2D eigenvalue weighted by Gasteiger charge is -2.33. The molecule has 0 aromatic heterocycles. The first-order chi connectivity index (χ1) is 19.5. The highest BCUT2D eigenvalue weighted by Gasteiger charge is 2.34. The molecule has 0 unspecified atom stereocenters. The van der Waals surface area contributed by atoms with Crippen LogP contribution < -0.4 is 14.4 Å². The average molecular weight is 604 g/mol. The fourth-order valence-electron chi connectivity index (χ4n) is 4.28. The molecule has 220 valence electrons. The van der Waals surface area contributed by atoms with Crippen LogP contribution in [0.1, 0.15) is 37.8 Å². The molecular formula is C30H35ClFN3O5S. The lowest BCUT2D eigenvalue weighted by atomic mass is 10.1. The number of halogens is 2. The lowest BCUT2D eigenvalue weighted by Crippen LogP contribution is -2.52. The standard InChI is InChI=1S/C30H35ClFN3O5S/c1-5-17-33-30(37)26(6-2)34(19-22-9-12-24(32)13-10-22)29(36)20-35(27-18-23(31)11-16-28(27)40-4)41(38,39)25-14-7-21(3)8-15-25/h7-16,18,26H,5-6,17,19-20H2,1-4H3,(H,33,37)/t26-/m1/s1. The minimum Gasteiger partial charge on any atom is -0.495 e. The van der Waals surface area contributed by atoms with Crippen LogP contribution in [-0.4, -0.2) is 51.4 Å². The van der Waals surface area contributed by atoms with Crippen molar-refractivity contribution in [2.75, 3.05) is 24.5 Å². The van der Waals surface area contributed by atoms with E-state index in [0.717, 1.165) is 9.87 Å². The van der Waals surface area contributed by atoms with Gasteiger partial charge in [-0.1, -0.05) is 55.3 Å². The van der Waals surface area contributed by atoms with Gasteiger partial charge in [0.2, 0.25) is 11.8 Å². The third-order valence-electron chi connectivity index (χ3n) is 6.50. The van der Waals surface area contributed by atoms with Crippen molar-refractivity contribution >= 4 is 39.1 Å². The van der Waals surface area contributed by atoms with Gasteiger partial charge in [-0.05, 0) is 67.8 Å². The molecule has 0 radical (unpaired) electrons. The van der Waals surface area contributed by atoms with Crippen molar-refractivity contribution in [3.05, 3.63) is 88.7 Å². The summed E-state index contributed by atoms with van der Waals surface area (Å²) in [4.78, 5) is 28.5. The predicted octanol–water partition coefficient (Wildman–Crippen LogP) is 5.33. The fourth-order valence-corrected chi connectivity index (χ4v) is 5.86. The number of sulfonamides is 1. The molecule has 0 aliphatic rings. The number of carbonyl (C=O) groups excluding carboxylic acids is 2. The van der Waals surface area contributed by atoms with Gasteiger partial charge in [0.1, 0.15) is 24.2 Å². The largest absolute Gasteiger partial charge is 0.495 e. The van der Waals surface area contributed by atoms with Gasteiger partial charge in [-0.3, -0.25) is 13.9 Å². The Labute approximate surface area is 246 Å². The number of ether oxygens (including phenoxy) is 1. The molecule has 3 aromatic carbocycles. The first-order valence-electron chi connectivity index (χ1n) is 13.3. The van der Waals surface area contributed by atoms with Crippen LogP contribution in [0.15, 0.2) is 71.6 Å². The van der Waals surface area contributed by atoms with Crippen LogP contribution in [0.25, 0.3) is 0 Å². The number of carbonyl (C=O) groups is 2. The fraction of sp³-hybridized carbons (Fsp3) is 0.333. The number of benzene rings is 3. The van der Waals surface area contributed by atoms with E-state index in [1.165, 1.54) is 60.5 Å². The number of hydrogen-bond donors (Lipinski definition) is 1. The molecule has 2 amide bonds. The second-order valence-electron chi connectivity index (χ2n) is 9.50. The Hall–Kier alpha value is -3.63. The Morgan fingerprint density at radius 1 is 1.02 bits per heavy atom. The molecule has 0 spiro atoms. The number of amides is 2. The SMILES string of the molecule is CCCNC(=O)[C@@H](CC)N(Cc1ccc(F)cc1)C(=O)CN(c1cc(Cl)ccc1OC)S(=O)(=O)c1ccc(C)cc1. The molecule has 0 fully saturated rings. The van der Waals surface area contributed by atoms with Crippen LogP contribution in [-0.2, 0) is 26.2 Å². The van der Waals surface area contributed by atoms with Gasteiger partial charge < -0.3 is 15.0 Å². The third-order valence-corrected chi connectivity index (χ3v) is 8.51. The number of methoxy groups -OCH3 is 1. The Kier molecular flexibility index (Phi) is 11.1. The molecule has 1 atom stereocenters. The lowest BCUT2D eigenvalue weighted by molar-refractivity contribution is -0.140. The maximum Gasteiger partial charge on any atom is 0.264 e. The zero-order valence-corrected chi connectivity index (χ0v) is 25.1. The molecule has 1 N–H and O–H groups in total. The summed E-state index contributed by atoms with van der Waals surface area (Å²) in [6.07, 6.45) is 0.971. The van der Waals surface area contributed by atoms with Gasteiger partial charge in [0, 0.05) is 18.1 Å². The van der Waals surface area contributed by atoms with Crippen LogP contribution in [0.3, 0.4) is 0 Å². The topological polar surface area (TPSA) is 96.0 Å². The first-order valence-corrected chi connectivity index (χ1v) is 15.1. The van der Waals surface area contributed by atoms with E-state index in [9.17, 15) is 22.4 Å². The van der Waals surface area contributed by atoms with E-state index in [4.69, 9.17) is 16.3 Å². The summed E-state index contributed by atoms with van der Waals surface area (Å²) in [5.74, 6) is -1.25. The summed E-state index contributed by atoms with van der Waals surface area (Å²) < 4.78 is 48.1. The Morgan fingerprint density at radius 2 is 1.68 bits per heavy atom. The summed E-state index contributed by atoms with van der Waals surface area (Å²) in [6, 6.07) is 15.4. The minimum absolute atomic E-state index is 0.0317. The zero-order valence-electron chi connectivity index (χ0n) is 23.6. The maximum absolute atomic E-state index is 14.1. The quantitative estimate of drug-likeness (QED) is 0.285. The van der Waals surface area contributed by atoms with Crippen molar-refractivity contribution in [2.45, 2.75) is 51.1 Å². The maximum atomic E-state index is 14.1. The number of aryl methyl sites for hydroxylation is 1.